The number of carbonyl (C=O) groups is 1. The maximum atomic E-state index is 13.2. The summed E-state index contributed by atoms with van der Waals surface area (Å²) in [7, 11) is 0. The Hall–Kier alpha value is -2.40. The van der Waals surface area contributed by atoms with E-state index in [1.54, 1.807) is 30.3 Å². The van der Waals surface area contributed by atoms with E-state index in [2.05, 4.69) is 10.7 Å². The molecule has 0 saturated heterocycles. The van der Waals surface area contributed by atoms with E-state index in [0.717, 1.165) is 16.8 Å². The number of anilines is 1. The van der Waals surface area contributed by atoms with Gasteiger partial charge in [-0.05, 0) is 55.3 Å². The van der Waals surface area contributed by atoms with Gasteiger partial charge >= 0.3 is 0 Å². The highest BCUT2D eigenvalue weighted by molar-refractivity contribution is 5.96. The minimum absolute atomic E-state index is 0.201. The number of aryl methyl sites for hydroxylation is 1. The van der Waals surface area contributed by atoms with Crippen LogP contribution in [0.15, 0.2) is 42.5 Å². The topological polar surface area (TPSA) is 67.1 Å². The van der Waals surface area contributed by atoms with E-state index < -0.39 is 0 Å². The van der Waals surface area contributed by atoms with Gasteiger partial charge in [-0.2, -0.15) is 0 Å². The summed E-state index contributed by atoms with van der Waals surface area (Å²) in [6.45, 7) is 3.65. The molecule has 4 N–H and O–H groups in total. The van der Waals surface area contributed by atoms with E-state index in [0.29, 0.717) is 5.56 Å². The molecule has 2 aromatic rings. The molecule has 0 fully saturated rings. The molecule has 0 aromatic heterocycles. The summed E-state index contributed by atoms with van der Waals surface area (Å²) in [6.07, 6.45) is 0. The number of hydrogen-bond acceptors (Lipinski definition) is 3. The van der Waals surface area contributed by atoms with Crippen molar-refractivity contribution in [2.45, 2.75) is 19.9 Å². The third kappa shape index (κ3) is 3.58. The van der Waals surface area contributed by atoms with Crippen LogP contribution in [0.2, 0.25) is 0 Å². The van der Waals surface area contributed by atoms with Gasteiger partial charge in [0.1, 0.15) is 5.82 Å². The van der Waals surface area contributed by atoms with Crippen molar-refractivity contribution in [3.63, 3.8) is 0 Å². The SMILES string of the molecule is Cc1cc(NN)ccc1C(=O)NC(C)c1cccc(F)c1. The van der Waals surface area contributed by atoms with Crippen LogP contribution in [-0.2, 0) is 0 Å². The lowest BCUT2D eigenvalue weighted by molar-refractivity contribution is 0.0939. The van der Waals surface area contributed by atoms with Crippen LogP contribution >= 0.6 is 0 Å². The average molecular weight is 287 g/mol. The second-order valence-electron chi connectivity index (χ2n) is 4.92. The Bertz CT molecular complexity index is 658. The summed E-state index contributed by atoms with van der Waals surface area (Å²) in [4.78, 5) is 12.3. The van der Waals surface area contributed by atoms with Crippen molar-refractivity contribution >= 4 is 11.6 Å². The monoisotopic (exact) mass is 287 g/mol. The Morgan fingerprint density at radius 2 is 2.00 bits per heavy atom. The lowest BCUT2D eigenvalue weighted by Crippen LogP contribution is -2.27. The molecule has 0 spiro atoms. The van der Waals surface area contributed by atoms with Crippen molar-refractivity contribution in [2.24, 2.45) is 5.84 Å². The largest absolute Gasteiger partial charge is 0.346 e. The number of nitrogen functional groups attached to an aromatic ring is 1. The van der Waals surface area contributed by atoms with Gasteiger partial charge in [-0.15, -0.1) is 0 Å². The molecule has 4 nitrogen and oxygen atoms in total. The number of amides is 1. The molecule has 0 saturated carbocycles. The van der Waals surface area contributed by atoms with Crippen molar-refractivity contribution in [1.29, 1.82) is 0 Å². The van der Waals surface area contributed by atoms with Crippen molar-refractivity contribution in [1.82, 2.24) is 5.32 Å². The second kappa shape index (κ2) is 6.37. The highest BCUT2D eigenvalue weighted by Crippen LogP contribution is 2.17. The predicted octanol–water partition coefficient (Wildman–Crippen LogP) is 2.91. The van der Waals surface area contributed by atoms with E-state index in [9.17, 15) is 9.18 Å². The first-order valence-corrected chi connectivity index (χ1v) is 6.65. The van der Waals surface area contributed by atoms with Crippen LogP contribution in [0.3, 0.4) is 0 Å². The van der Waals surface area contributed by atoms with Crippen LogP contribution < -0.4 is 16.6 Å². The molecule has 2 aromatic carbocycles. The maximum absolute atomic E-state index is 13.2. The van der Waals surface area contributed by atoms with Crippen LogP contribution in [0.5, 0.6) is 0 Å². The van der Waals surface area contributed by atoms with Crippen LogP contribution in [0.4, 0.5) is 10.1 Å². The Labute approximate surface area is 123 Å². The molecule has 0 radical (unpaired) electrons. The summed E-state index contributed by atoms with van der Waals surface area (Å²) in [5.41, 5.74) is 5.38. The summed E-state index contributed by atoms with van der Waals surface area (Å²) in [6, 6.07) is 11.1. The molecule has 0 aliphatic heterocycles. The molecule has 1 atom stereocenters. The van der Waals surface area contributed by atoms with Crippen LogP contribution in [0.1, 0.15) is 34.5 Å². The van der Waals surface area contributed by atoms with Crippen LogP contribution in [0.25, 0.3) is 0 Å². The van der Waals surface area contributed by atoms with Gasteiger partial charge in [0.25, 0.3) is 5.91 Å². The number of carbonyl (C=O) groups excluding carboxylic acids is 1. The smallest absolute Gasteiger partial charge is 0.252 e. The number of hydrogen-bond donors (Lipinski definition) is 3. The summed E-state index contributed by atoms with van der Waals surface area (Å²) in [5.74, 6) is 4.81. The van der Waals surface area contributed by atoms with Crippen molar-refractivity contribution in [2.75, 3.05) is 5.43 Å². The maximum Gasteiger partial charge on any atom is 0.252 e. The first-order chi connectivity index (χ1) is 10.0. The van der Waals surface area contributed by atoms with Gasteiger partial charge in [-0.3, -0.25) is 10.6 Å². The number of nitrogens with two attached hydrogens (primary N) is 1. The fourth-order valence-electron chi connectivity index (χ4n) is 2.14. The molecule has 0 aliphatic carbocycles. The first-order valence-electron chi connectivity index (χ1n) is 6.65. The quantitative estimate of drug-likeness (QED) is 0.598. The number of rotatable bonds is 4. The Kier molecular flexibility index (Phi) is 4.55. The van der Waals surface area contributed by atoms with Gasteiger partial charge < -0.3 is 10.7 Å². The van der Waals surface area contributed by atoms with Crippen molar-refractivity contribution in [3.8, 4) is 0 Å². The second-order valence-corrected chi connectivity index (χ2v) is 4.92. The van der Waals surface area contributed by atoms with Gasteiger partial charge in [-0.25, -0.2) is 4.39 Å². The highest BCUT2D eigenvalue weighted by Gasteiger charge is 2.14. The van der Waals surface area contributed by atoms with Gasteiger partial charge in [0.05, 0.1) is 6.04 Å². The van der Waals surface area contributed by atoms with Crippen molar-refractivity contribution in [3.05, 3.63) is 65.0 Å². The summed E-state index contributed by atoms with van der Waals surface area (Å²) >= 11 is 0. The molecule has 0 aliphatic rings. The molecule has 2 rings (SSSR count). The number of hydrazine groups is 1. The van der Waals surface area contributed by atoms with E-state index in [1.807, 2.05) is 13.8 Å². The summed E-state index contributed by atoms with van der Waals surface area (Å²) in [5, 5.41) is 2.86. The number of nitrogens with one attached hydrogen (secondary N) is 2. The van der Waals surface area contributed by atoms with E-state index in [1.165, 1.54) is 12.1 Å². The summed E-state index contributed by atoms with van der Waals surface area (Å²) < 4.78 is 13.2. The molecule has 0 bridgehead atoms. The molecule has 5 heteroatoms. The Balaban J connectivity index is 2.14. The zero-order valence-electron chi connectivity index (χ0n) is 12.0. The molecule has 1 unspecified atom stereocenters. The van der Waals surface area contributed by atoms with Crippen LogP contribution in [0, 0.1) is 12.7 Å². The lowest BCUT2D eigenvalue weighted by atomic mass is 10.0. The van der Waals surface area contributed by atoms with E-state index >= 15 is 0 Å². The van der Waals surface area contributed by atoms with Gasteiger partial charge in [0, 0.05) is 11.3 Å². The van der Waals surface area contributed by atoms with Crippen molar-refractivity contribution < 1.29 is 9.18 Å². The number of benzene rings is 2. The van der Waals surface area contributed by atoms with E-state index in [-0.39, 0.29) is 17.8 Å². The zero-order chi connectivity index (χ0) is 15.4. The lowest BCUT2D eigenvalue weighted by Gasteiger charge is -2.16. The standard InChI is InChI=1S/C16H18FN3O/c1-10-8-14(20-18)6-7-15(10)16(21)19-11(2)12-4-3-5-13(17)9-12/h3-9,11,20H,18H2,1-2H3,(H,19,21). The predicted molar refractivity (Wildman–Crippen MR) is 81.3 cm³/mol. The third-order valence-corrected chi connectivity index (χ3v) is 3.33. The molecule has 0 heterocycles. The highest BCUT2D eigenvalue weighted by atomic mass is 19.1. The normalized spacial score (nSPS) is 11.8. The van der Waals surface area contributed by atoms with Crippen LogP contribution in [-0.4, -0.2) is 5.91 Å². The van der Waals surface area contributed by atoms with Gasteiger partial charge in [0.15, 0.2) is 0 Å². The average Bonchev–Trinajstić information content (AvgIpc) is 2.46. The molecular formula is C16H18FN3O. The Morgan fingerprint density at radius 3 is 2.62 bits per heavy atom. The minimum Gasteiger partial charge on any atom is -0.346 e. The Morgan fingerprint density at radius 1 is 1.24 bits per heavy atom. The zero-order valence-corrected chi connectivity index (χ0v) is 12.0. The first kappa shape index (κ1) is 15.0. The third-order valence-electron chi connectivity index (χ3n) is 3.33. The van der Waals surface area contributed by atoms with E-state index in [4.69, 9.17) is 5.84 Å². The number of halogens is 1. The molecular weight excluding hydrogens is 269 g/mol. The molecule has 21 heavy (non-hydrogen) atoms. The van der Waals surface area contributed by atoms with Gasteiger partial charge in [0.2, 0.25) is 0 Å². The fraction of sp³-hybridized carbons (Fsp3) is 0.188. The fourth-order valence-corrected chi connectivity index (χ4v) is 2.14. The molecule has 110 valence electrons. The molecule has 1 amide bonds. The van der Waals surface area contributed by atoms with Gasteiger partial charge in [-0.1, -0.05) is 12.1 Å². The minimum atomic E-state index is -0.317.